The second-order valence-electron chi connectivity index (χ2n) is 13.7. The predicted molar refractivity (Wildman–Crippen MR) is 166 cm³/mol. The molecule has 0 aromatic heterocycles. The van der Waals surface area contributed by atoms with Gasteiger partial charge in [0.1, 0.15) is 6.61 Å². The quantitative estimate of drug-likeness (QED) is 0.164. The van der Waals surface area contributed by atoms with Crippen LogP contribution in [-0.4, -0.2) is 48.8 Å². The lowest BCUT2D eigenvalue weighted by atomic mass is 9.63. The Morgan fingerprint density at radius 3 is 1.98 bits per heavy atom. The van der Waals surface area contributed by atoms with Gasteiger partial charge in [0.2, 0.25) is 0 Å². The Labute approximate surface area is 259 Å². The molecule has 9 heteroatoms. The lowest BCUT2D eigenvalue weighted by Crippen LogP contribution is -2.44. The van der Waals surface area contributed by atoms with Crippen molar-refractivity contribution < 1.29 is 28.7 Å². The molecule has 0 fully saturated rings. The summed E-state index contributed by atoms with van der Waals surface area (Å²) in [4.78, 5) is 40.9. The molecule has 9 nitrogen and oxygen atoms in total. The molecule has 44 heavy (non-hydrogen) atoms. The summed E-state index contributed by atoms with van der Waals surface area (Å²) in [5, 5.41) is 11.0. The molecule has 1 heterocycles. The van der Waals surface area contributed by atoms with E-state index < -0.39 is 10.8 Å². The van der Waals surface area contributed by atoms with Gasteiger partial charge in [-0.25, -0.2) is 0 Å². The molecule has 1 aliphatic heterocycles. The first-order chi connectivity index (χ1) is 20.8. The fourth-order valence-corrected chi connectivity index (χ4v) is 6.88. The highest BCUT2D eigenvalue weighted by molar-refractivity contribution is 6.06. The second kappa shape index (κ2) is 12.2. The summed E-state index contributed by atoms with van der Waals surface area (Å²) in [6.45, 7) is 10.0. The zero-order chi connectivity index (χ0) is 31.8. The molecular weight excluding hydrogens is 560 g/mol. The third-order valence-electron chi connectivity index (χ3n) is 8.81. The Hall–Kier alpha value is -3.98. The van der Waals surface area contributed by atoms with Gasteiger partial charge in [-0.05, 0) is 65.5 Å². The Bertz CT molecular complexity index is 1480. The van der Waals surface area contributed by atoms with Crippen LogP contribution >= 0.6 is 0 Å². The SMILES string of the molecule is COCCCN1C2=C(C(=O)CC(C)(C)C2)C(c2ccc(OCc3ccc([N+](=O)[O-])cc3)c(OC)c2)C2=C1CC(C)(C)CC2=O. The first-order valence-corrected chi connectivity index (χ1v) is 15.2. The second-order valence-corrected chi connectivity index (χ2v) is 13.7. The van der Waals surface area contributed by atoms with Gasteiger partial charge in [0, 0.05) is 73.7 Å². The number of hydrogen-bond donors (Lipinski definition) is 0. The maximum Gasteiger partial charge on any atom is 0.269 e. The smallest absolute Gasteiger partial charge is 0.269 e. The first-order valence-electron chi connectivity index (χ1n) is 15.2. The highest BCUT2D eigenvalue weighted by atomic mass is 16.6. The molecule has 0 spiro atoms. The van der Waals surface area contributed by atoms with Crippen molar-refractivity contribution in [2.24, 2.45) is 10.8 Å². The summed E-state index contributed by atoms with van der Waals surface area (Å²) in [7, 11) is 3.25. The number of ether oxygens (including phenoxy) is 3. The predicted octanol–water partition coefficient (Wildman–Crippen LogP) is 6.90. The van der Waals surface area contributed by atoms with Crippen LogP contribution in [0.2, 0.25) is 0 Å². The number of non-ortho nitro benzene ring substituents is 1. The van der Waals surface area contributed by atoms with E-state index in [1.807, 2.05) is 18.2 Å². The number of nitro benzene ring substituents is 1. The minimum atomic E-state index is -0.483. The lowest BCUT2D eigenvalue weighted by Gasteiger charge is -2.49. The molecule has 3 aliphatic rings. The van der Waals surface area contributed by atoms with E-state index in [-0.39, 0.29) is 34.7 Å². The van der Waals surface area contributed by atoms with E-state index in [2.05, 4.69) is 32.6 Å². The maximum atomic E-state index is 14.0. The largest absolute Gasteiger partial charge is 0.493 e. The zero-order valence-corrected chi connectivity index (χ0v) is 26.5. The average molecular weight is 603 g/mol. The van der Waals surface area contributed by atoms with E-state index in [0.717, 1.165) is 52.9 Å². The van der Waals surface area contributed by atoms with Gasteiger partial charge < -0.3 is 19.1 Å². The Kier molecular flexibility index (Phi) is 8.71. The van der Waals surface area contributed by atoms with Gasteiger partial charge in [-0.15, -0.1) is 0 Å². The van der Waals surface area contributed by atoms with Gasteiger partial charge in [-0.3, -0.25) is 19.7 Å². The van der Waals surface area contributed by atoms with Crippen molar-refractivity contribution >= 4 is 17.3 Å². The molecule has 2 aliphatic carbocycles. The maximum absolute atomic E-state index is 14.0. The molecule has 0 radical (unpaired) electrons. The monoisotopic (exact) mass is 602 g/mol. The fourth-order valence-electron chi connectivity index (χ4n) is 6.88. The minimum Gasteiger partial charge on any atom is -0.493 e. The van der Waals surface area contributed by atoms with Crippen molar-refractivity contribution in [3.8, 4) is 11.5 Å². The number of ketones is 2. The van der Waals surface area contributed by atoms with E-state index in [9.17, 15) is 19.7 Å². The number of nitro groups is 1. The normalized spacial score (nSPS) is 19.5. The molecule has 0 unspecified atom stereocenters. The molecule has 5 rings (SSSR count). The molecule has 2 aromatic rings. The zero-order valence-electron chi connectivity index (χ0n) is 26.5. The number of carbonyl (C=O) groups is 2. The van der Waals surface area contributed by atoms with Crippen molar-refractivity contribution in [3.05, 3.63) is 86.2 Å². The summed E-state index contributed by atoms with van der Waals surface area (Å²) < 4.78 is 17.2. The van der Waals surface area contributed by atoms with Gasteiger partial charge >= 0.3 is 0 Å². The molecule has 0 amide bonds. The third kappa shape index (κ3) is 6.29. The van der Waals surface area contributed by atoms with E-state index in [1.54, 1.807) is 26.4 Å². The van der Waals surface area contributed by atoms with Crippen molar-refractivity contribution in [2.45, 2.75) is 72.3 Å². The summed E-state index contributed by atoms with van der Waals surface area (Å²) >= 11 is 0. The first kappa shape index (κ1) is 31.4. The molecule has 0 bridgehead atoms. The number of allylic oxidation sites excluding steroid dienone is 4. The van der Waals surface area contributed by atoms with Crippen LogP contribution in [0.3, 0.4) is 0 Å². The van der Waals surface area contributed by atoms with Crippen molar-refractivity contribution in [1.29, 1.82) is 0 Å². The number of benzene rings is 2. The van der Waals surface area contributed by atoms with Crippen LogP contribution in [0.15, 0.2) is 65.0 Å². The van der Waals surface area contributed by atoms with Gasteiger partial charge in [0.05, 0.1) is 12.0 Å². The van der Waals surface area contributed by atoms with Gasteiger partial charge in [0.25, 0.3) is 5.69 Å². The Morgan fingerprint density at radius 2 is 1.45 bits per heavy atom. The van der Waals surface area contributed by atoms with Crippen LogP contribution in [0.25, 0.3) is 0 Å². The third-order valence-corrected chi connectivity index (χ3v) is 8.81. The highest BCUT2D eigenvalue weighted by Gasteiger charge is 2.49. The number of nitrogens with zero attached hydrogens (tertiary/aromatic N) is 2. The summed E-state index contributed by atoms with van der Waals surface area (Å²) in [5.41, 5.74) is 4.71. The molecule has 0 N–H and O–H groups in total. The summed E-state index contributed by atoms with van der Waals surface area (Å²) in [5.74, 6) is 0.674. The van der Waals surface area contributed by atoms with Crippen LogP contribution in [0.5, 0.6) is 11.5 Å². The fraction of sp³-hybridized carbons (Fsp3) is 0.486. The topological polar surface area (TPSA) is 108 Å². The molecule has 0 atom stereocenters. The van der Waals surface area contributed by atoms with Crippen LogP contribution in [0.4, 0.5) is 5.69 Å². The number of hydrogen-bond acceptors (Lipinski definition) is 8. The molecular formula is C35H42N2O7. The molecule has 234 valence electrons. The van der Waals surface area contributed by atoms with E-state index in [4.69, 9.17) is 14.2 Å². The summed E-state index contributed by atoms with van der Waals surface area (Å²) in [6.07, 6.45) is 3.12. The highest BCUT2D eigenvalue weighted by Crippen LogP contribution is 2.55. The van der Waals surface area contributed by atoms with E-state index >= 15 is 0 Å². The van der Waals surface area contributed by atoms with E-state index in [1.165, 1.54) is 12.1 Å². The molecule has 0 saturated carbocycles. The van der Waals surface area contributed by atoms with Gasteiger partial charge in [-0.1, -0.05) is 33.8 Å². The van der Waals surface area contributed by atoms with Crippen LogP contribution in [0.1, 0.15) is 76.8 Å². The van der Waals surface area contributed by atoms with Crippen molar-refractivity contribution in [3.63, 3.8) is 0 Å². The van der Waals surface area contributed by atoms with Gasteiger partial charge in [-0.2, -0.15) is 0 Å². The number of carbonyl (C=O) groups excluding carboxylic acids is 2. The number of rotatable bonds is 10. The van der Waals surface area contributed by atoms with Crippen LogP contribution in [0, 0.1) is 20.9 Å². The van der Waals surface area contributed by atoms with Crippen LogP contribution in [-0.2, 0) is 20.9 Å². The van der Waals surface area contributed by atoms with Crippen LogP contribution < -0.4 is 9.47 Å². The van der Waals surface area contributed by atoms with Gasteiger partial charge in [0.15, 0.2) is 23.1 Å². The standard InChI is InChI=1S/C35H42N2O7/c1-34(2)17-25-32(27(38)19-34)31(33-26(36(25)14-7-15-42-5)18-35(3,4)20-28(33)39)23-10-13-29(30(16-23)43-6)44-21-22-8-11-24(12-9-22)37(40)41/h8-13,16,31H,7,14-15,17-21H2,1-6H3. The molecule has 0 saturated heterocycles. The Morgan fingerprint density at radius 1 is 0.864 bits per heavy atom. The molecule has 2 aromatic carbocycles. The lowest BCUT2D eigenvalue weighted by molar-refractivity contribution is -0.384. The number of Topliss-reactive ketones (excluding diaryl/α,β-unsaturated/α-hetero) is 2. The Balaban J connectivity index is 1.57. The van der Waals surface area contributed by atoms with Crippen molar-refractivity contribution in [2.75, 3.05) is 27.4 Å². The minimum absolute atomic E-state index is 0.0177. The number of methoxy groups -OCH3 is 2. The van der Waals surface area contributed by atoms with Crippen molar-refractivity contribution in [1.82, 2.24) is 4.90 Å². The average Bonchev–Trinajstić information content (AvgIpc) is 2.95. The summed E-state index contributed by atoms with van der Waals surface area (Å²) in [6, 6.07) is 11.8. The van der Waals surface area contributed by atoms with E-state index in [0.29, 0.717) is 37.5 Å².